The van der Waals surface area contributed by atoms with Gasteiger partial charge in [-0.3, -0.25) is 4.79 Å². The SMILES string of the molecule is O=C(Cn1cnnn1)Nc1ncc(Cc2cccc(C(F)(F)F)c2)s1. The largest absolute Gasteiger partial charge is 0.416 e. The van der Waals surface area contributed by atoms with E-state index < -0.39 is 11.7 Å². The first kappa shape index (κ1) is 17.0. The summed E-state index contributed by atoms with van der Waals surface area (Å²) in [6.45, 7) is -0.0600. The van der Waals surface area contributed by atoms with Gasteiger partial charge in [-0.05, 0) is 22.1 Å². The van der Waals surface area contributed by atoms with E-state index in [4.69, 9.17) is 0 Å². The van der Waals surface area contributed by atoms with Gasteiger partial charge in [0, 0.05) is 17.5 Å². The highest BCUT2D eigenvalue weighted by molar-refractivity contribution is 7.15. The molecule has 1 aromatic carbocycles. The number of rotatable bonds is 5. The number of aromatic nitrogens is 5. The summed E-state index contributed by atoms with van der Waals surface area (Å²) in [6.07, 6.45) is -1.25. The zero-order chi connectivity index (χ0) is 17.9. The van der Waals surface area contributed by atoms with Crippen LogP contribution in [0.1, 0.15) is 16.0 Å². The van der Waals surface area contributed by atoms with Crippen LogP contribution in [0.3, 0.4) is 0 Å². The van der Waals surface area contributed by atoms with Crippen LogP contribution in [0.2, 0.25) is 0 Å². The van der Waals surface area contributed by atoms with Crippen molar-refractivity contribution in [3.8, 4) is 0 Å². The molecule has 0 aliphatic carbocycles. The predicted molar refractivity (Wildman–Crippen MR) is 82.8 cm³/mol. The number of carbonyl (C=O) groups excluding carboxylic acids is 1. The Morgan fingerprint density at radius 2 is 2.16 bits per heavy atom. The van der Waals surface area contributed by atoms with Crippen LogP contribution in [0.5, 0.6) is 0 Å². The first-order valence-corrected chi connectivity index (χ1v) is 7.83. The second-order valence-corrected chi connectivity index (χ2v) is 6.18. The van der Waals surface area contributed by atoms with Crippen molar-refractivity contribution in [2.75, 3.05) is 5.32 Å². The third-order valence-corrected chi connectivity index (χ3v) is 4.04. The quantitative estimate of drug-likeness (QED) is 0.747. The summed E-state index contributed by atoms with van der Waals surface area (Å²) in [4.78, 5) is 16.6. The number of carbonyl (C=O) groups is 1. The Hall–Kier alpha value is -2.82. The van der Waals surface area contributed by atoms with Crippen molar-refractivity contribution in [3.63, 3.8) is 0 Å². The minimum absolute atomic E-state index is 0.0600. The van der Waals surface area contributed by atoms with Gasteiger partial charge in [-0.15, -0.1) is 16.4 Å². The number of tetrazole rings is 1. The molecule has 0 saturated heterocycles. The van der Waals surface area contributed by atoms with Gasteiger partial charge in [0.15, 0.2) is 5.13 Å². The highest BCUT2D eigenvalue weighted by atomic mass is 32.1. The van der Waals surface area contributed by atoms with Crippen LogP contribution in [0, 0.1) is 0 Å². The molecule has 3 aromatic rings. The number of alkyl halides is 3. The average molecular weight is 368 g/mol. The molecule has 7 nitrogen and oxygen atoms in total. The minimum atomic E-state index is -4.38. The number of anilines is 1. The summed E-state index contributed by atoms with van der Waals surface area (Å²) >= 11 is 1.20. The van der Waals surface area contributed by atoms with Crippen LogP contribution in [0.25, 0.3) is 0 Å². The molecule has 0 radical (unpaired) electrons. The van der Waals surface area contributed by atoms with E-state index in [1.807, 2.05) is 0 Å². The molecule has 0 bridgehead atoms. The fraction of sp³-hybridized carbons (Fsp3) is 0.214. The van der Waals surface area contributed by atoms with Crippen molar-refractivity contribution in [2.45, 2.75) is 19.1 Å². The van der Waals surface area contributed by atoms with E-state index in [-0.39, 0.29) is 12.5 Å². The standard InChI is InChI=1S/C14H11F3N6OS/c15-14(16,17)10-3-1-2-9(4-10)5-11-6-18-13(25-11)20-12(24)7-23-8-19-21-22-23/h1-4,6,8H,5,7H2,(H,18,20,24). The first-order chi connectivity index (χ1) is 11.9. The molecule has 11 heteroatoms. The van der Waals surface area contributed by atoms with Crippen LogP contribution >= 0.6 is 11.3 Å². The Bertz CT molecular complexity index is 862. The van der Waals surface area contributed by atoms with Gasteiger partial charge < -0.3 is 5.32 Å². The number of thiazole rings is 1. The van der Waals surface area contributed by atoms with Crippen LogP contribution in [0.15, 0.2) is 36.8 Å². The van der Waals surface area contributed by atoms with Crippen molar-refractivity contribution < 1.29 is 18.0 Å². The number of hydrogen-bond acceptors (Lipinski definition) is 6. The van der Waals surface area contributed by atoms with Crippen molar-refractivity contribution in [1.82, 2.24) is 25.2 Å². The number of nitrogens with one attached hydrogen (secondary N) is 1. The minimum Gasteiger partial charge on any atom is -0.300 e. The zero-order valence-corrected chi connectivity index (χ0v) is 13.4. The van der Waals surface area contributed by atoms with E-state index >= 15 is 0 Å². The van der Waals surface area contributed by atoms with Gasteiger partial charge >= 0.3 is 6.18 Å². The molecule has 1 N–H and O–H groups in total. The molecule has 0 fully saturated rings. The maximum atomic E-state index is 12.7. The molecule has 0 aliphatic heterocycles. The van der Waals surface area contributed by atoms with Crippen LogP contribution < -0.4 is 5.32 Å². The molecule has 2 heterocycles. The zero-order valence-electron chi connectivity index (χ0n) is 12.6. The molecule has 2 aromatic heterocycles. The van der Waals surface area contributed by atoms with E-state index in [2.05, 4.69) is 25.8 Å². The number of halogens is 3. The van der Waals surface area contributed by atoms with E-state index in [9.17, 15) is 18.0 Å². The number of nitrogens with zero attached hydrogens (tertiary/aromatic N) is 5. The first-order valence-electron chi connectivity index (χ1n) is 7.01. The Morgan fingerprint density at radius 1 is 1.32 bits per heavy atom. The lowest BCUT2D eigenvalue weighted by Crippen LogP contribution is -2.18. The van der Waals surface area contributed by atoms with Gasteiger partial charge in [0.25, 0.3) is 0 Å². The van der Waals surface area contributed by atoms with Crippen molar-refractivity contribution in [1.29, 1.82) is 0 Å². The van der Waals surface area contributed by atoms with Gasteiger partial charge in [-0.2, -0.15) is 13.2 Å². The number of hydrogen-bond donors (Lipinski definition) is 1. The Kier molecular flexibility index (Phi) is 4.74. The van der Waals surface area contributed by atoms with Crippen LogP contribution in [0.4, 0.5) is 18.3 Å². The van der Waals surface area contributed by atoms with Crippen molar-refractivity contribution in [2.24, 2.45) is 0 Å². The molecular weight excluding hydrogens is 357 g/mol. The number of amides is 1. The third kappa shape index (κ3) is 4.59. The molecule has 0 spiro atoms. The van der Waals surface area contributed by atoms with Gasteiger partial charge in [0.05, 0.1) is 5.56 Å². The molecule has 1 amide bonds. The lowest BCUT2D eigenvalue weighted by Gasteiger charge is -2.07. The highest BCUT2D eigenvalue weighted by Gasteiger charge is 2.30. The van der Waals surface area contributed by atoms with Crippen LogP contribution in [-0.2, 0) is 23.9 Å². The Morgan fingerprint density at radius 3 is 2.88 bits per heavy atom. The summed E-state index contributed by atoms with van der Waals surface area (Å²) in [5.41, 5.74) is -0.172. The van der Waals surface area contributed by atoms with Gasteiger partial charge in [0.2, 0.25) is 5.91 Å². The third-order valence-electron chi connectivity index (χ3n) is 3.13. The molecule has 130 valence electrons. The van der Waals surface area contributed by atoms with Gasteiger partial charge in [0.1, 0.15) is 12.9 Å². The second kappa shape index (κ2) is 6.97. The van der Waals surface area contributed by atoms with E-state index in [0.717, 1.165) is 17.0 Å². The molecular formula is C14H11F3N6OS. The summed E-state index contributed by atoms with van der Waals surface area (Å²) in [6, 6.07) is 5.12. The Balaban J connectivity index is 1.63. The average Bonchev–Trinajstić information content (AvgIpc) is 3.19. The van der Waals surface area contributed by atoms with E-state index in [0.29, 0.717) is 17.1 Å². The molecule has 25 heavy (non-hydrogen) atoms. The van der Waals surface area contributed by atoms with Crippen LogP contribution in [-0.4, -0.2) is 31.1 Å². The van der Waals surface area contributed by atoms with E-state index in [1.54, 1.807) is 6.07 Å². The lowest BCUT2D eigenvalue weighted by molar-refractivity contribution is -0.137. The molecule has 0 atom stereocenters. The van der Waals surface area contributed by atoms with E-state index in [1.165, 1.54) is 34.6 Å². The van der Waals surface area contributed by atoms with Gasteiger partial charge in [-0.25, -0.2) is 9.67 Å². The summed E-state index contributed by atoms with van der Waals surface area (Å²) in [7, 11) is 0. The van der Waals surface area contributed by atoms with Crippen molar-refractivity contribution >= 4 is 22.4 Å². The topological polar surface area (TPSA) is 85.6 Å². The fourth-order valence-corrected chi connectivity index (χ4v) is 2.93. The molecule has 3 rings (SSSR count). The highest BCUT2D eigenvalue weighted by Crippen LogP contribution is 2.30. The smallest absolute Gasteiger partial charge is 0.300 e. The fourth-order valence-electron chi connectivity index (χ4n) is 2.06. The van der Waals surface area contributed by atoms with Gasteiger partial charge in [-0.1, -0.05) is 18.2 Å². The van der Waals surface area contributed by atoms with Crippen molar-refractivity contribution in [3.05, 3.63) is 52.8 Å². The molecule has 0 aliphatic rings. The predicted octanol–water partition coefficient (Wildman–Crippen LogP) is 2.38. The molecule has 0 saturated carbocycles. The number of benzene rings is 1. The summed E-state index contributed by atoms with van der Waals surface area (Å²) < 4.78 is 39.5. The summed E-state index contributed by atoms with van der Waals surface area (Å²) in [5.74, 6) is -0.354. The monoisotopic (exact) mass is 368 g/mol. The molecule has 0 unspecified atom stereocenters. The second-order valence-electron chi connectivity index (χ2n) is 5.06. The lowest BCUT2D eigenvalue weighted by atomic mass is 10.1. The maximum Gasteiger partial charge on any atom is 0.416 e. The normalized spacial score (nSPS) is 11.5. The maximum absolute atomic E-state index is 12.7. The summed E-state index contributed by atoms with van der Waals surface area (Å²) in [5, 5.41) is 13.4. The Labute approximate surface area is 143 Å².